The fourth-order valence-corrected chi connectivity index (χ4v) is 2.55. The van der Waals surface area contributed by atoms with E-state index < -0.39 is 0 Å². The monoisotopic (exact) mass is 312 g/mol. The van der Waals surface area contributed by atoms with E-state index in [-0.39, 0.29) is 12.1 Å². The molecule has 2 rings (SSSR count). The lowest BCUT2D eigenvalue weighted by atomic mass is 10.0. The Morgan fingerprint density at radius 3 is 2.43 bits per heavy atom. The second kappa shape index (κ2) is 7.82. The molecule has 0 aliphatic carbocycles. The first kappa shape index (κ1) is 17.1. The van der Waals surface area contributed by atoms with Crippen molar-refractivity contribution < 1.29 is 14.3 Å². The first-order valence-corrected chi connectivity index (χ1v) is 7.90. The molecule has 23 heavy (non-hydrogen) atoms. The number of ether oxygens (including phenoxy) is 2. The number of esters is 1. The predicted molar refractivity (Wildman–Crippen MR) is 91.7 cm³/mol. The van der Waals surface area contributed by atoms with Crippen molar-refractivity contribution in [3.63, 3.8) is 0 Å². The van der Waals surface area contributed by atoms with Crippen molar-refractivity contribution in [1.82, 2.24) is 0 Å². The van der Waals surface area contributed by atoms with Gasteiger partial charge in [0.25, 0.3) is 0 Å². The molecule has 0 aromatic heterocycles. The average Bonchev–Trinajstić information content (AvgIpc) is 2.51. The van der Waals surface area contributed by atoms with E-state index in [9.17, 15) is 4.79 Å². The Morgan fingerprint density at radius 1 is 1.09 bits per heavy atom. The summed E-state index contributed by atoms with van der Waals surface area (Å²) >= 11 is 0. The van der Waals surface area contributed by atoms with Crippen LogP contribution in [0, 0.1) is 20.8 Å². The lowest BCUT2D eigenvalue weighted by Crippen LogP contribution is -2.13. The fourth-order valence-electron chi connectivity index (χ4n) is 2.55. The summed E-state index contributed by atoms with van der Waals surface area (Å²) < 4.78 is 11.4. The molecule has 122 valence electrons. The summed E-state index contributed by atoms with van der Waals surface area (Å²) in [6, 6.07) is 14.3. The lowest BCUT2D eigenvalue weighted by molar-refractivity contribution is -0.141. The topological polar surface area (TPSA) is 35.5 Å². The van der Waals surface area contributed by atoms with Crippen LogP contribution in [0.15, 0.2) is 42.5 Å². The summed E-state index contributed by atoms with van der Waals surface area (Å²) in [5.74, 6) is 0.624. The first-order valence-electron chi connectivity index (χ1n) is 7.90. The highest BCUT2D eigenvalue weighted by Crippen LogP contribution is 2.30. The molecule has 0 saturated heterocycles. The van der Waals surface area contributed by atoms with Crippen LogP contribution >= 0.6 is 0 Å². The van der Waals surface area contributed by atoms with E-state index in [2.05, 4.69) is 32.9 Å². The summed E-state index contributed by atoms with van der Waals surface area (Å²) in [7, 11) is 0. The molecule has 1 atom stereocenters. The van der Waals surface area contributed by atoms with Crippen LogP contribution in [-0.4, -0.2) is 12.6 Å². The number of carbonyl (C=O) groups is 1. The molecule has 3 nitrogen and oxygen atoms in total. The molecule has 0 saturated carbocycles. The van der Waals surface area contributed by atoms with Gasteiger partial charge in [-0.15, -0.1) is 0 Å². The molecule has 0 aliphatic rings. The van der Waals surface area contributed by atoms with Gasteiger partial charge in [0, 0.05) is 13.3 Å². The second-order valence-corrected chi connectivity index (χ2v) is 5.85. The zero-order valence-electron chi connectivity index (χ0n) is 14.3. The molecule has 3 heteroatoms. The van der Waals surface area contributed by atoms with Crippen molar-refractivity contribution in [1.29, 1.82) is 0 Å². The second-order valence-electron chi connectivity index (χ2n) is 5.85. The smallest absolute Gasteiger partial charge is 0.302 e. The molecule has 0 amide bonds. The van der Waals surface area contributed by atoms with Crippen LogP contribution in [-0.2, 0) is 9.53 Å². The molecule has 0 heterocycles. The van der Waals surface area contributed by atoms with E-state index in [1.165, 1.54) is 18.1 Å². The van der Waals surface area contributed by atoms with Gasteiger partial charge in [0.05, 0.1) is 6.61 Å². The highest BCUT2D eigenvalue weighted by molar-refractivity contribution is 5.65. The van der Waals surface area contributed by atoms with Gasteiger partial charge in [-0.05, 0) is 49.1 Å². The summed E-state index contributed by atoms with van der Waals surface area (Å²) in [6.45, 7) is 7.99. The van der Waals surface area contributed by atoms with Gasteiger partial charge in [-0.1, -0.05) is 36.4 Å². The van der Waals surface area contributed by atoms with Crippen LogP contribution in [0.5, 0.6) is 5.75 Å². The molecule has 2 aromatic carbocycles. The van der Waals surface area contributed by atoms with E-state index in [4.69, 9.17) is 9.47 Å². The quantitative estimate of drug-likeness (QED) is 0.726. The van der Waals surface area contributed by atoms with E-state index in [0.717, 1.165) is 16.9 Å². The van der Waals surface area contributed by atoms with Gasteiger partial charge in [0.2, 0.25) is 0 Å². The van der Waals surface area contributed by atoms with E-state index in [1.54, 1.807) is 0 Å². The molecule has 0 bridgehead atoms. The molecule has 2 aromatic rings. The van der Waals surface area contributed by atoms with Gasteiger partial charge >= 0.3 is 5.97 Å². The minimum Gasteiger partial charge on any atom is -0.485 e. The SMILES string of the molecule is CC(=O)OCC[C@@H](Oc1cc(C)cc(C)c1C)c1ccccc1. The van der Waals surface area contributed by atoms with Gasteiger partial charge in [0.15, 0.2) is 0 Å². The van der Waals surface area contributed by atoms with E-state index >= 15 is 0 Å². The average molecular weight is 312 g/mol. The zero-order chi connectivity index (χ0) is 16.8. The highest BCUT2D eigenvalue weighted by Gasteiger charge is 2.16. The van der Waals surface area contributed by atoms with Crippen LogP contribution in [0.3, 0.4) is 0 Å². The Hall–Kier alpha value is -2.29. The minimum atomic E-state index is -0.264. The molecule has 0 spiro atoms. The Bertz CT molecular complexity index is 662. The van der Waals surface area contributed by atoms with Crippen LogP contribution in [0.25, 0.3) is 0 Å². The minimum absolute atomic E-state index is 0.143. The summed E-state index contributed by atoms with van der Waals surface area (Å²) in [5, 5.41) is 0. The number of aryl methyl sites for hydroxylation is 2. The molecule has 0 N–H and O–H groups in total. The van der Waals surface area contributed by atoms with Crippen molar-refractivity contribution in [2.45, 2.75) is 40.2 Å². The van der Waals surface area contributed by atoms with Crippen molar-refractivity contribution in [3.05, 3.63) is 64.7 Å². The van der Waals surface area contributed by atoms with Crippen LogP contribution in [0.1, 0.15) is 41.7 Å². The Labute approximate surface area is 138 Å². The van der Waals surface area contributed by atoms with Gasteiger partial charge in [-0.2, -0.15) is 0 Å². The first-order chi connectivity index (χ1) is 11.0. The van der Waals surface area contributed by atoms with Gasteiger partial charge in [-0.25, -0.2) is 0 Å². The number of hydrogen-bond donors (Lipinski definition) is 0. The number of benzene rings is 2. The summed E-state index contributed by atoms with van der Waals surface area (Å²) in [6.07, 6.45) is 0.478. The molecule has 0 fully saturated rings. The Balaban J connectivity index is 2.22. The molecule has 0 radical (unpaired) electrons. The maximum absolute atomic E-state index is 11.0. The molecule has 0 unspecified atom stereocenters. The maximum atomic E-state index is 11.0. The Morgan fingerprint density at radius 2 is 1.78 bits per heavy atom. The maximum Gasteiger partial charge on any atom is 0.302 e. The largest absolute Gasteiger partial charge is 0.485 e. The third kappa shape index (κ3) is 4.85. The third-order valence-electron chi connectivity index (χ3n) is 3.89. The zero-order valence-corrected chi connectivity index (χ0v) is 14.3. The molecular weight excluding hydrogens is 288 g/mol. The van der Waals surface area contributed by atoms with Gasteiger partial charge in [-0.3, -0.25) is 4.79 Å². The summed E-state index contributed by atoms with van der Waals surface area (Å²) in [4.78, 5) is 11.0. The van der Waals surface area contributed by atoms with Crippen LogP contribution in [0.4, 0.5) is 0 Å². The highest BCUT2D eigenvalue weighted by atomic mass is 16.5. The predicted octanol–water partition coefficient (Wildman–Crippen LogP) is 4.69. The van der Waals surface area contributed by atoms with Crippen molar-refractivity contribution in [2.24, 2.45) is 0 Å². The fraction of sp³-hybridized carbons (Fsp3) is 0.350. The molecular formula is C20H24O3. The van der Waals surface area contributed by atoms with Crippen molar-refractivity contribution >= 4 is 5.97 Å². The van der Waals surface area contributed by atoms with E-state index in [0.29, 0.717) is 13.0 Å². The lowest BCUT2D eigenvalue weighted by Gasteiger charge is -2.22. The van der Waals surface area contributed by atoms with Crippen molar-refractivity contribution in [3.8, 4) is 5.75 Å². The standard InChI is InChI=1S/C20H24O3/c1-14-12-15(2)16(3)20(13-14)23-19(10-11-22-17(4)21)18-8-6-5-7-9-18/h5-9,12-13,19H,10-11H2,1-4H3/t19-/m1/s1. The normalized spacial score (nSPS) is 11.8. The van der Waals surface area contributed by atoms with E-state index in [1.807, 2.05) is 30.3 Å². The van der Waals surface area contributed by atoms with Crippen molar-refractivity contribution in [2.75, 3.05) is 6.61 Å². The van der Waals surface area contributed by atoms with Gasteiger partial charge < -0.3 is 9.47 Å². The number of rotatable bonds is 6. The number of carbonyl (C=O) groups excluding carboxylic acids is 1. The Kier molecular flexibility index (Phi) is 5.80. The summed E-state index contributed by atoms with van der Waals surface area (Å²) in [5.41, 5.74) is 4.61. The third-order valence-corrected chi connectivity index (χ3v) is 3.89. The van der Waals surface area contributed by atoms with Crippen LogP contribution in [0.2, 0.25) is 0 Å². The number of hydrogen-bond acceptors (Lipinski definition) is 3. The van der Waals surface area contributed by atoms with Gasteiger partial charge in [0.1, 0.15) is 11.9 Å². The molecule has 0 aliphatic heterocycles. The van der Waals surface area contributed by atoms with Crippen LogP contribution < -0.4 is 4.74 Å².